The van der Waals surface area contributed by atoms with Crippen molar-refractivity contribution in [3.63, 3.8) is 0 Å². The smallest absolute Gasteiger partial charge is 0.273 e. The predicted molar refractivity (Wildman–Crippen MR) is 79.2 cm³/mol. The van der Waals surface area contributed by atoms with Gasteiger partial charge in [-0.3, -0.25) is 4.79 Å². The Labute approximate surface area is 127 Å². The van der Waals surface area contributed by atoms with Crippen LogP contribution in [0.25, 0.3) is 11.3 Å². The lowest BCUT2D eigenvalue weighted by Crippen LogP contribution is -2.32. The van der Waals surface area contributed by atoms with Crippen molar-refractivity contribution in [1.29, 1.82) is 0 Å². The highest BCUT2D eigenvalue weighted by atomic mass is 35.5. The maximum atomic E-state index is 11.9. The van der Waals surface area contributed by atoms with Gasteiger partial charge in [0.1, 0.15) is 0 Å². The van der Waals surface area contributed by atoms with Crippen LogP contribution >= 0.6 is 23.2 Å². The van der Waals surface area contributed by atoms with Gasteiger partial charge in [0.2, 0.25) is 0 Å². The third-order valence-electron chi connectivity index (χ3n) is 2.94. The average molecular weight is 313 g/mol. The number of carbonyl (C=O) groups is 1. The number of amides is 1. The number of hydrogen-bond acceptors (Lipinski definition) is 3. The largest absolute Gasteiger partial charge is 0.355 e. The van der Waals surface area contributed by atoms with E-state index in [2.05, 4.69) is 10.5 Å². The van der Waals surface area contributed by atoms with Crippen LogP contribution in [0, 0.1) is 0 Å². The lowest BCUT2D eigenvalue weighted by Gasteiger charge is -2.08. The minimum Gasteiger partial charge on any atom is -0.355 e. The Morgan fingerprint density at radius 1 is 1.35 bits per heavy atom. The molecule has 1 amide bonds. The molecule has 0 bridgehead atoms. The van der Waals surface area contributed by atoms with Gasteiger partial charge in [-0.1, -0.05) is 35.3 Å². The monoisotopic (exact) mass is 312 g/mol. The second kappa shape index (κ2) is 6.29. The van der Waals surface area contributed by atoms with Gasteiger partial charge in [0.15, 0.2) is 11.5 Å². The zero-order valence-corrected chi connectivity index (χ0v) is 12.6. The fraction of sp³-hybridized carbons (Fsp3) is 0.286. The Kier molecular flexibility index (Phi) is 4.68. The molecule has 1 heterocycles. The van der Waals surface area contributed by atoms with Crippen LogP contribution in [0.1, 0.15) is 30.8 Å². The number of halogens is 2. The lowest BCUT2D eigenvalue weighted by molar-refractivity contribution is 0.0930. The molecule has 0 aliphatic heterocycles. The fourth-order valence-electron chi connectivity index (χ4n) is 1.57. The Balaban J connectivity index is 2.20. The summed E-state index contributed by atoms with van der Waals surface area (Å²) in [6.45, 7) is 3.92. The van der Waals surface area contributed by atoms with Crippen LogP contribution in [-0.4, -0.2) is 17.1 Å². The van der Waals surface area contributed by atoms with E-state index >= 15 is 0 Å². The molecule has 4 nitrogen and oxygen atoms in total. The van der Waals surface area contributed by atoms with Crippen LogP contribution in [0.15, 0.2) is 28.8 Å². The minimum absolute atomic E-state index is 0.0904. The summed E-state index contributed by atoms with van der Waals surface area (Å²) in [6, 6.07) is 6.76. The van der Waals surface area contributed by atoms with Crippen LogP contribution < -0.4 is 5.32 Å². The second-order valence-corrected chi connectivity index (χ2v) is 5.30. The van der Waals surface area contributed by atoms with E-state index in [0.29, 0.717) is 15.8 Å². The molecular formula is C14H14Cl2N2O2. The molecule has 20 heavy (non-hydrogen) atoms. The van der Waals surface area contributed by atoms with E-state index in [1.54, 1.807) is 24.3 Å². The van der Waals surface area contributed by atoms with Crippen molar-refractivity contribution in [3.8, 4) is 11.3 Å². The fourth-order valence-corrected chi connectivity index (χ4v) is 1.87. The molecule has 1 aromatic carbocycles. The van der Waals surface area contributed by atoms with Crippen LogP contribution in [0.5, 0.6) is 0 Å². The third kappa shape index (κ3) is 3.32. The number of benzene rings is 1. The van der Waals surface area contributed by atoms with Crippen molar-refractivity contribution in [3.05, 3.63) is 40.0 Å². The molecule has 1 aromatic heterocycles. The van der Waals surface area contributed by atoms with Gasteiger partial charge in [0, 0.05) is 17.7 Å². The summed E-state index contributed by atoms with van der Waals surface area (Å²) in [6.07, 6.45) is 0.850. The molecule has 2 rings (SSSR count). The average Bonchev–Trinajstić information content (AvgIpc) is 2.91. The molecule has 0 aliphatic carbocycles. The predicted octanol–water partition coefficient (Wildman–Crippen LogP) is 4.18. The highest BCUT2D eigenvalue weighted by molar-refractivity contribution is 6.42. The molecule has 6 heteroatoms. The molecular weight excluding hydrogens is 299 g/mol. The van der Waals surface area contributed by atoms with Crippen molar-refractivity contribution in [2.45, 2.75) is 26.3 Å². The quantitative estimate of drug-likeness (QED) is 0.921. The van der Waals surface area contributed by atoms with Gasteiger partial charge in [-0.05, 0) is 31.5 Å². The molecule has 0 radical (unpaired) electrons. The summed E-state index contributed by atoms with van der Waals surface area (Å²) in [7, 11) is 0. The van der Waals surface area contributed by atoms with Gasteiger partial charge >= 0.3 is 0 Å². The van der Waals surface area contributed by atoms with Crippen molar-refractivity contribution in [2.75, 3.05) is 0 Å². The summed E-state index contributed by atoms with van der Waals surface area (Å²) in [5.74, 6) is 0.215. The Hall–Kier alpha value is -1.52. The highest BCUT2D eigenvalue weighted by Gasteiger charge is 2.15. The first-order chi connectivity index (χ1) is 9.51. The number of nitrogens with zero attached hydrogens (tertiary/aromatic N) is 1. The third-order valence-corrected chi connectivity index (χ3v) is 3.68. The molecule has 0 fully saturated rings. The van der Waals surface area contributed by atoms with E-state index in [4.69, 9.17) is 27.7 Å². The van der Waals surface area contributed by atoms with Gasteiger partial charge in [0.05, 0.1) is 10.0 Å². The van der Waals surface area contributed by atoms with E-state index in [1.165, 1.54) is 0 Å². The maximum Gasteiger partial charge on any atom is 0.273 e. The van der Waals surface area contributed by atoms with E-state index in [-0.39, 0.29) is 17.6 Å². The van der Waals surface area contributed by atoms with Crippen molar-refractivity contribution in [1.82, 2.24) is 10.5 Å². The second-order valence-electron chi connectivity index (χ2n) is 4.49. The number of nitrogens with one attached hydrogen (secondary N) is 1. The summed E-state index contributed by atoms with van der Waals surface area (Å²) in [5.41, 5.74) is 0.959. The normalized spacial score (nSPS) is 12.2. The molecule has 106 valence electrons. The van der Waals surface area contributed by atoms with Crippen LogP contribution in [0.3, 0.4) is 0 Å². The van der Waals surface area contributed by atoms with Crippen LogP contribution in [-0.2, 0) is 0 Å². The topological polar surface area (TPSA) is 55.1 Å². The molecule has 1 N–H and O–H groups in total. The van der Waals surface area contributed by atoms with E-state index in [1.807, 2.05) is 13.8 Å². The molecule has 1 unspecified atom stereocenters. The highest BCUT2D eigenvalue weighted by Crippen LogP contribution is 2.28. The van der Waals surface area contributed by atoms with Gasteiger partial charge in [-0.2, -0.15) is 0 Å². The molecule has 0 saturated carbocycles. The van der Waals surface area contributed by atoms with Gasteiger partial charge in [-0.25, -0.2) is 0 Å². The first-order valence-corrected chi connectivity index (χ1v) is 7.00. The van der Waals surface area contributed by atoms with Crippen molar-refractivity contribution >= 4 is 29.1 Å². The van der Waals surface area contributed by atoms with Gasteiger partial charge in [0.25, 0.3) is 5.91 Å². The molecule has 0 saturated heterocycles. The first-order valence-electron chi connectivity index (χ1n) is 6.24. The van der Waals surface area contributed by atoms with Crippen molar-refractivity contribution in [2.24, 2.45) is 0 Å². The lowest BCUT2D eigenvalue weighted by atomic mass is 10.1. The maximum absolute atomic E-state index is 11.9. The van der Waals surface area contributed by atoms with E-state index in [0.717, 1.165) is 12.0 Å². The summed E-state index contributed by atoms with van der Waals surface area (Å²) < 4.78 is 5.17. The first kappa shape index (κ1) is 14.9. The zero-order chi connectivity index (χ0) is 14.7. The number of hydrogen-bond donors (Lipinski definition) is 1. The molecule has 0 aliphatic rings. The molecule has 1 atom stereocenters. The van der Waals surface area contributed by atoms with Gasteiger partial charge < -0.3 is 9.84 Å². The summed E-state index contributed by atoms with van der Waals surface area (Å²) in [4.78, 5) is 11.9. The van der Waals surface area contributed by atoms with E-state index in [9.17, 15) is 4.79 Å². The van der Waals surface area contributed by atoms with Crippen LogP contribution in [0.2, 0.25) is 10.0 Å². The number of aromatic nitrogens is 1. The Morgan fingerprint density at radius 2 is 2.10 bits per heavy atom. The summed E-state index contributed by atoms with van der Waals surface area (Å²) >= 11 is 11.8. The van der Waals surface area contributed by atoms with Crippen molar-refractivity contribution < 1.29 is 9.32 Å². The number of rotatable bonds is 4. The summed E-state index contributed by atoms with van der Waals surface area (Å²) in [5, 5.41) is 7.48. The number of carbonyl (C=O) groups excluding carboxylic acids is 1. The van der Waals surface area contributed by atoms with Gasteiger partial charge in [-0.15, -0.1) is 0 Å². The SMILES string of the molecule is CCC(C)NC(=O)c1cc(-c2ccc(Cl)c(Cl)c2)on1. The standard InChI is InChI=1S/C14H14Cl2N2O2/c1-3-8(2)17-14(19)12-7-13(20-18-12)9-4-5-10(15)11(16)6-9/h4-8H,3H2,1-2H3,(H,17,19). The minimum atomic E-state index is -0.255. The molecule has 0 spiro atoms. The zero-order valence-electron chi connectivity index (χ0n) is 11.1. The van der Waals surface area contributed by atoms with E-state index < -0.39 is 0 Å². The Bertz CT molecular complexity index is 625. The molecule has 2 aromatic rings. The Morgan fingerprint density at radius 3 is 2.75 bits per heavy atom. The van der Waals surface area contributed by atoms with Crippen LogP contribution in [0.4, 0.5) is 0 Å².